The van der Waals surface area contributed by atoms with Gasteiger partial charge in [0.15, 0.2) is 5.78 Å². The average Bonchev–Trinajstić information content (AvgIpc) is 2.62. The van der Waals surface area contributed by atoms with Crippen molar-refractivity contribution in [3.05, 3.63) is 35.9 Å². The van der Waals surface area contributed by atoms with E-state index in [1.807, 2.05) is 19.1 Å². The molecule has 2 aromatic rings. The molecular weight excluding hydrogens is 190 g/mol. The minimum atomic E-state index is -0.0240. The van der Waals surface area contributed by atoms with Gasteiger partial charge < -0.3 is 4.98 Å². The SMILES string of the molecule is CC(=O)c1nc(-c2ccncc2)[nH]c1C. The minimum Gasteiger partial charge on any atom is -0.341 e. The molecule has 0 atom stereocenters. The van der Waals surface area contributed by atoms with Crippen molar-refractivity contribution in [2.24, 2.45) is 0 Å². The summed E-state index contributed by atoms with van der Waals surface area (Å²) in [6, 6.07) is 3.70. The third-order valence-corrected chi connectivity index (χ3v) is 2.17. The Morgan fingerprint density at radius 3 is 2.53 bits per heavy atom. The summed E-state index contributed by atoms with van der Waals surface area (Å²) in [6.45, 7) is 3.36. The molecule has 0 spiro atoms. The molecule has 15 heavy (non-hydrogen) atoms. The fourth-order valence-corrected chi connectivity index (χ4v) is 1.45. The van der Waals surface area contributed by atoms with Crippen molar-refractivity contribution < 1.29 is 4.79 Å². The molecular formula is C11H11N3O. The highest BCUT2D eigenvalue weighted by Crippen LogP contribution is 2.16. The fraction of sp³-hybridized carbons (Fsp3) is 0.182. The first-order valence-electron chi connectivity index (χ1n) is 4.66. The van der Waals surface area contributed by atoms with Gasteiger partial charge in [-0.2, -0.15) is 0 Å². The van der Waals surface area contributed by atoms with Crippen molar-refractivity contribution in [1.82, 2.24) is 15.0 Å². The van der Waals surface area contributed by atoms with Gasteiger partial charge in [0.2, 0.25) is 0 Å². The first kappa shape index (κ1) is 9.58. The number of ketones is 1. The lowest BCUT2D eigenvalue weighted by atomic mass is 10.2. The van der Waals surface area contributed by atoms with E-state index >= 15 is 0 Å². The van der Waals surface area contributed by atoms with Crippen LogP contribution in [0.3, 0.4) is 0 Å². The molecule has 0 amide bonds. The Hall–Kier alpha value is -1.97. The molecule has 2 rings (SSSR count). The number of imidazole rings is 1. The largest absolute Gasteiger partial charge is 0.341 e. The number of H-pyrrole nitrogens is 1. The second-order valence-electron chi connectivity index (χ2n) is 3.35. The Kier molecular flexibility index (Phi) is 2.33. The van der Waals surface area contributed by atoms with Crippen molar-refractivity contribution >= 4 is 5.78 Å². The third kappa shape index (κ3) is 1.79. The van der Waals surface area contributed by atoms with Crippen molar-refractivity contribution in [3.63, 3.8) is 0 Å². The summed E-state index contributed by atoms with van der Waals surface area (Å²) in [5.41, 5.74) is 2.23. The summed E-state index contributed by atoms with van der Waals surface area (Å²) in [6.07, 6.45) is 3.39. The number of hydrogen-bond donors (Lipinski definition) is 1. The molecule has 0 unspecified atom stereocenters. The molecule has 0 aliphatic rings. The first-order chi connectivity index (χ1) is 7.18. The number of carbonyl (C=O) groups is 1. The Balaban J connectivity index is 2.48. The van der Waals surface area contributed by atoms with Gasteiger partial charge in [-0.25, -0.2) is 4.98 Å². The van der Waals surface area contributed by atoms with Crippen molar-refractivity contribution in [1.29, 1.82) is 0 Å². The molecule has 0 aromatic carbocycles. The zero-order valence-electron chi connectivity index (χ0n) is 8.61. The van der Waals surface area contributed by atoms with Crippen LogP contribution < -0.4 is 0 Å². The first-order valence-corrected chi connectivity index (χ1v) is 4.66. The highest BCUT2D eigenvalue weighted by Gasteiger charge is 2.11. The highest BCUT2D eigenvalue weighted by atomic mass is 16.1. The fourth-order valence-electron chi connectivity index (χ4n) is 1.45. The number of nitrogens with zero attached hydrogens (tertiary/aromatic N) is 2. The van der Waals surface area contributed by atoms with Crippen LogP contribution in [0.4, 0.5) is 0 Å². The summed E-state index contributed by atoms with van der Waals surface area (Å²) in [5, 5.41) is 0. The highest BCUT2D eigenvalue weighted by molar-refractivity contribution is 5.93. The lowest BCUT2D eigenvalue weighted by molar-refractivity contribution is 0.101. The minimum absolute atomic E-state index is 0.0240. The third-order valence-electron chi connectivity index (χ3n) is 2.17. The number of rotatable bonds is 2. The quantitative estimate of drug-likeness (QED) is 0.756. The maximum Gasteiger partial charge on any atom is 0.179 e. The van der Waals surface area contributed by atoms with Gasteiger partial charge >= 0.3 is 0 Å². The summed E-state index contributed by atoms with van der Waals surface area (Å²) >= 11 is 0. The monoisotopic (exact) mass is 201 g/mol. The number of Topliss-reactive ketones (excluding diaryl/α,β-unsaturated/α-hetero) is 1. The van der Waals surface area contributed by atoms with Gasteiger partial charge in [0.1, 0.15) is 11.5 Å². The van der Waals surface area contributed by atoms with E-state index < -0.39 is 0 Å². The molecule has 0 radical (unpaired) electrons. The number of aryl methyl sites for hydroxylation is 1. The predicted octanol–water partition coefficient (Wildman–Crippen LogP) is 1.98. The maximum absolute atomic E-state index is 11.2. The van der Waals surface area contributed by atoms with E-state index in [2.05, 4.69) is 15.0 Å². The molecule has 2 heterocycles. The molecule has 2 aromatic heterocycles. The smallest absolute Gasteiger partial charge is 0.179 e. The number of pyridine rings is 1. The second kappa shape index (κ2) is 3.65. The van der Waals surface area contributed by atoms with Crippen molar-refractivity contribution in [2.75, 3.05) is 0 Å². The van der Waals surface area contributed by atoms with Crippen LogP contribution in [0, 0.1) is 6.92 Å². The Labute approximate surface area is 87.4 Å². The number of aromatic nitrogens is 3. The van der Waals surface area contributed by atoms with Gasteiger partial charge in [0.05, 0.1) is 0 Å². The number of aromatic amines is 1. The van der Waals surface area contributed by atoms with Gasteiger partial charge in [-0.3, -0.25) is 9.78 Å². The van der Waals surface area contributed by atoms with Crippen LogP contribution in [-0.4, -0.2) is 20.7 Å². The van der Waals surface area contributed by atoms with E-state index in [9.17, 15) is 4.79 Å². The number of hydrogen-bond acceptors (Lipinski definition) is 3. The molecule has 4 nitrogen and oxygen atoms in total. The molecule has 0 fully saturated rings. The van der Waals surface area contributed by atoms with Crippen LogP contribution in [0.5, 0.6) is 0 Å². The van der Waals surface area contributed by atoms with Crippen LogP contribution in [0.1, 0.15) is 23.1 Å². The van der Waals surface area contributed by atoms with Crippen LogP contribution in [-0.2, 0) is 0 Å². The zero-order valence-corrected chi connectivity index (χ0v) is 8.61. The number of carbonyl (C=O) groups excluding carboxylic acids is 1. The van der Waals surface area contributed by atoms with E-state index in [-0.39, 0.29) is 5.78 Å². The Morgan fingerprint density at radius 1 is 1.33 bits per heavy atom. The molecule has 0 aliphatic carbocycles. The standard InChI is InChI=1S/C11H11N3O/c1-7-10(8(2)15)14-11(13-7)9-3-5-12-6-4-9/h3-6H,1-2H3,(H,13,14). The lowest BCUT2D eigenvalue weighted by Gasteiger charge is -1.93. The molecule has 0 saturated carbocycles. The number of nitrogens with one attached hydrogen (secondary N) is 1. The van der Waals surface area contributed by atoms with Gasteiger partial charge in [0.25, 0.3) is 0 Å². The van der Waals surface area contributed by atoms with Gasteiger partial charge in [-0.1, -0.05) is 0 Å². The Bertz CT molecular complexity index is 488. The summed E-state index contributed by atoms with van der Waals surface area (Å²) < 4.78 is 0. The van der Waals surface area contributed by atoms with E-state index in [4.69, 9.17) is 0 Å². The summed E-state index contributed by atoms with van der Waals surface area (Å²) in [5.74, 6) is 0.684. The topological polar surface area (TPSA) is 58.6 Å². The Morgan fingerprint density at radius 2 is 2.00 bits per heavy atom. The molecule has 0 bridgehead atoms. The second-order valence-corrected chi connectivity index (χ2v) is 3.35. The van der Waals surface area contributed by atoms with E-state index in [1.54, 1.807) is 12.4 Å². The average molecular weight is 201 g/mol. The van der Waals surface area contributed by atoms with Crippen molar-refractivity contribution in [2.45, 2.75) is 13.8 Å². The lowest BCUT2D eigenvalue weighted by Crippen LogP contribution is -1.94. The van der Waals surface area contributed by atoms with Gasteiger partial charge in [-0.15, -0.1) is 0 Å². The van der Waals surface area contributed by atoms with Crippen LogP contribution >= 0.6 is 0 Å². The zero-order chi connectivity index (χ0) is 10.8. The summed E-state index contributed by atoms with van der Waals surface area (Å²) in [7, 11) is 0. The van der Waals surface area contributed by atoms with Gasteiger partial charge in [0, 0.05) is 30.6 Å². The predicted molar refractivity (Wildman–Crippen MR) is 56.6 cm³/mol. The van der Waals surface area contributed by atoms with Crippen LogP contribution in [0.25, 0.3) is 11.4 Å². The molecule has 76 valence electrons. The van der Waals surface area contributed by atoms with Crippen molar-refractivity contribution in [3.8, 4) is 11.4 Å². The van der Waals surface area contributed by atoms with E-state index in [1.165, 1.54) is 6.92 Å². The van der Waals surface area contributed by atoms with Crippen LogP contribution in [0.2, 0.25) is 0 Å². The van der Waals surface area contributed by atoms with Gasteiger partial charge in [-0.05, 0) is 19.1 Å². The van der Waals surface area contributed by atoms with E-state index in [0.717, 1.165) is 11.3 Å². The van der Waals surface area contributed by atoms with E-state index in [0.29, 0.717) is 11.5 Å². The molecule has 4 heteroatoms. The van der Waals surface area contributed by atoms with Crippen LogP contribution in [0.15, 0.2) is 24.5 Å². The summed E-state index contributed by atoms with van der Waals surface area (Å²) in [4.78, 5) is 22.5. The molecule has 0 saturated heterocycles. The molecule has 1 N–H and O–H groups in total. The normalized spacial score (nSPS) is 10.3. The maximum atomic E-state index is 11.2. The molecule has 0 aliphatic heterocycles.